The fourth-order valence-corrected chi connectivity index (χ4v) is 2.30. The second-order valence-electron chi connectivity index (χ2n) is 4.61. The molecule has 1 aliphatic rings. The summed E-state index contributed by atoms with van der Waals surface area (Å²) in [7, 11) is 2.01. The molecule has 104 valence electrons. The van der Waals surface area contributed by atoms with Crippen LogP contribution in [0.15, 0.2) is 36.5 Å². The van der Waals surface area contributed by atoms with E-state index in [2.05, 4.69) is 30.3 Å². The van der Waals surface area contributed by atoms with E-state index in [9.17, 15) is 0 Å². The van der Waals surface area contributed by atoms with Crippen molar-refractivity contribution in [3.05, 3.63) is 36.5 Å². The first-order valence-corrected chi connectivity index (χ1v) is 7.05. The SMILES string of the molecule is C=CC1=C(C=C)CN(CC(C)CNC)CC1.CC. The monoisotopic (exact) mass is 250 g/mol. The highest BCUT2D eigenvalue weighted by Crippen LogP contribution is 2.20. The van der Waals surface area contributed by atoms with Crippen LogP contribution in [0.4, 0.5) is 0 Å². The van der Waals surface area contributed by atoms with Crippen LogP contribution in [0.5, 0.6) is 0 Å². The van der Waals surface area contributed by atoms with Crippen LogP contribution in [0.2, 0.25) is 0 Å². The Labute approximate surface area is 113 Å². The van der Waals surface area contributed by atoms with Crippen LogP contribution in [0, 0.1) is 5.92 Å². The maximum absolute atomic E-state index is 3.89. The highest BCUT2D eigenvalue weighted by Gasteiger charge is 2.17. The van der Waals surface area contributed by atoms with Crippen LogP contribution in [-0.4, -0.2) is 38.1 Å². The molecule has 0 saturated heterocycles. The van der Waals surface area contributed by atoms with E-state index < -0.39 is 0 Å². The average molecular weight is 250 g/mol. The minimum absolute atomic E-state index is 0.696. The number of rotatable bonds is 6. The van der Waals surface area contributed by atoms with E-state index in [1.165, 1.54) is 11.1 Å². The highest BCUT2D eigenvalue weighted by atomic mass is 15.1. The van der Waals surface area contributed by atoms with Crippen molar-refractivity contribution >= 4 is 0 Å². The van der Waals surface area contributed by atoms with Crippen molar-refractivity contribution in [2.24, 2.45) is 5.92 Å². The fourth-order valence-electron chi connectivity index (χ4n) is 2.30. The number of hydrogen-bond donors (Lipinski definition) is 1. The van der Waals surface area contributed by atoms with Crippen LogP contribution < -0.4 is 5.32 Å². The first-order valence-electron chi connectivity index (χ1n) is 7.05. The second-order valence-corrected chi connectivity index (χ2v) is 4.61. The van der Waals surface area contributed by atoms with Gasteiger partial charge < -0.3 is 5.32 Å². The lowest BCUT2D eigenvalue weighted by Gasteiger charge is -2.31. The normalized spacial score (nSPS) is 17.8. The Balaban J connectivity index is 0.00000137. The summed E-state index contributed by atoms with van der Waals surface area (Å²) in [6.07, 6.45) is 5.06. The molecule has 0 bridgehead atoms. The molecule has 0 saturated carbocycles. The molecule has 0 fully saturated rings. The molecule has 0 amide bonds. The molecule has 2 nitrogen and oxygen atoms in total. The Bertz CT molecular complexity index is 279. The van der Waals surface area contributed by atoms with Gasteiger partial charge in [-0.05, 0) is 37.1 Å². The highest BCUT2D eigenvalue weighted by molar-refractivity contribution is 5.34. The summed E-state index contributed by atoms with van der Waals surface area (Å²) in [5.41, 5.74) is 2.71. The predicted molar refractivity (Wildman–Crippen MR) is 82.9 cm³/mol. The Kier molecular flexibility index (Phi) is 9.62. The van der Waals surface area contributed by atoms with Crippen LogP contribution in [0.25, 0.3) is 0 Å². The van der Waals surface area contributed by atoms with Crippen molar-refractivity contribution in [2.75, 3.05) is 33.2 Å². The summed E-state index contributed by atoms with van der Waals surface area (Å²) >= 11 is 0. The van der Waals surface area contributed by atoms with Gasteiger partial charge in [-0.3, -0.25) is 4.90 Å². The van der Waals surface area contributed by atoms with Crippen molar-refractivity contribution < 1.29 is 0 Å². The standard InChI is InChI=1S/C14H24N2.C2H6/c1-5-13-7-8-16(11-14(13)6-2)10-12(3)9-15-4;1-2/h5-6,12,15H,1-2,7-11H2,3-4H3;1-2H3. The first kappa shape index (κ1) is 17.1. The summed E-state index contributed by atoms with van der Waals surface area (Å²) in [5, 5.41) is 3.23. The number of nitrogens with one attached hydrogen (secondary N) is 1. The second kappa shape index (κ2) is 10.1. The van der Waals surface area contributed by atoms with Crippen LogP contribution in [0.3, 0.4) is 0 Å². The maximum atomic E-state index is 3.89. The Morgan fingerprint density at radius 2 is 1.89 bits per heavy atom. The van der Waals surface area contributed by atoms with Gasteiger partial charge in [-0.2, -0.15) is 0 Å². The smallest absolute Gasteiger partial charge is 0.0236 e. The van der Waals surface area contributed by atoms with Crippen molar-refractivity contribution in [3.8, 4) is 0 Å². The van der Waals surface area contributed by atoms with Gasteiger partial charge in [0.25, 0.3) is 0 Å². The van der Waals surface area contributed by atoms with Gasteiger partial charge in [0.15, 0.2) is 0 Å². The average Bonchev–Trinajstić information content (AvgIpc) is 2.41. The lowest BCUT2D eigenvalue weighted by Crippen LogP contribution is -2.37. The number of allylic oxidation sites excluding steroid dienone is 1. The van der Waals surface area contributed by atoms with E-state index >= 15 is 0 Å². The maximum Gasteiger partial charge on any atom is 0.0236 e. The van der Waals surface area contributed by atoms with E-state index in [0.717, 1.165) is 32.6 Å². The zero-order valence-corrected chi connectivity index (χ0v) is 12.6. The van der Waals surface area contributed by atoms with Gasteiger partial charge in [0.2, 0.25) is 0 Å². The zero-order chi connectivity index (χ0) is 14.0. The minimum atomic E-state index is 0.696. The van der Waals surface area contributed by atoms with Crippen LogP contribution in [-0.2, 0) is 0 Å². The molecule has 0 aliphatic carbocycles. The molecular formula is C16H30N2. The van der Waals surface area contributed by atoms with Gasteiger partial charge >= 0.3 is 0 Å². The third-order valence-corrected chi connectivity index (χ3v) is 3.12. The summed E-state index contributed by atoms with van der Waals surface area (Å²) in [6, 6.07) is 0. The Morgan fingerprint density at radius 1 is 1.28 bits per heavy atom. The third kappa shape index (κ3) is 5.65. The summed E-state index contributed by atoms with van der Waals surface area (Å²) in [6.45, 7) is 18.4. The van der Waals surface area contributed by atoms with E-state index in [-0.39, 0.29) is 0 Å². The summed E-state index contributed by atoms with van der Waals surface area (Å²) < 4.78 is 0. The molecular weight excluding hydrogens is 220 g/mol. The molecule has 1 unspecified atom stereocenters. The Morgan fingerprint density at radius 3 is 2.39 bits per heavy atom. The van der Waals surface area contributed by atoms with E-state index in [1.807, 2.05) is 33.0 Å². The largest absolute Gasteiger partial charge is 0.319 e. The lowest BCUT2D eigenvalue weighted by atomic mass is 9.99. The molecule has 0 aromatic carbocycles. The van der Waals surface area contributed by atoms with Gasteiger partial charge in [-0.15, -0.1) is 0 Å². The molecule has 1 atom stereocenters. The van der Waals surface area contributed by atoms with Gasteiger partial charge in [-0.1, -0.05) is 46.1 Å². The van der Waals surface area contributed by atoms with Gasteiger partial charge in [-0.25, -0.2) is 0 Å². The molecule has 0 spiro atoms. The van der Waals surface area contributed by atoms with Crippen molar-refractivity contribution in [1.29, 1.82) is 0 Å². The van der Waals surface area contributed by atoms with Crippen LogP contribution >= 0.6 is 0 Å². The molecule has 0 aromatic heterocycles. The van der Waals surface area contributed by atoms with Crippen molar-refractivity contribution in [2.45, 2.75) is 27.2 Å². The molecule has 0 radical (unpaired) electrons. The van der Waals surface area contributed by atoms with Gasteiger partial charge in [0.05, 0.1) is 0 Å². The summed E-state index contributed by atoms with van der Waals surface area (Å²) in [5.74, 6) is 0.696. The van der Waals surface area contributed by atoms with E-state index in [4.69, 9.17) is 0 Å². The zero-order valence-electron chi connectivity index (χ0n) is 12.6. The topological polar surface area (TPSA) is 15.3 Å². The van der Waals surface area contributed by atoms with Crippen molar-refractivity contribution in [1.82, 2.24) is 10.2 Å². The number of hydrogen-bond acceptors (Lipinski definition) is 2. The minimum Gasteiger partial charge on any atom is -0.319 e. The third-order valence-electron chi connectivity index (χ3n) is 3.12. The molecule has 2 heteroatoms. The number of nitrogens with zero attached hydrogens (tertiary/aromatic N) is 1. The van der Waals surface area contributed by atoms with E-state index in [1.54, 1.807) is 0 Å². The molecule has 1 rings (SSSR count). The molecule has 1 N–H and O–H groups in total. The van der Waals surface area contributed by atoms with Gasteiger partial charge in [0, 0.05) is 19.6 Å². The lowest BCUT2D eigenvalue weighted by molar-refractivity contribution is 0.248. The predicted octanol–water partition coefficient (Wildman–Crippen LogP) is 3.24. The van der Waals surface area contributed by atoms with E-state index in [0.29, 0.717) is 5.92 Å². The summed E-state index contributed by atoms with van der Waals surface area (Å²) in [4.78, 5) is 2.51. The quantitative estimate of drug-likeness (QED) is 0.778. The molecule has 1 heterocycles. The van der Waals surface area contributed by atoms with Gasteiger partial charge in [0.1, 0.15) is 0 Å². The Hall–Kier alpha value is -0.860. The fraction of sp³-hybridized carbons (Fsp3) is 0.625. The molecule has 1 aliphatic heterocycles. The molecule has 0 aromatic rings. The molecule has 18 heavy (non-hydrogen) atoms. The van der Waals surface area contributed by atoms with Crippen molar-refractivity contribution in [3.63, 3.8) is 0 Å². The first-order chi connectivity index (χ1) is 8.71. The van der Waals surface area contributed by atoms with Crippen LogP contribution in [0.1, 0.15) is 27.2 Å².